The fourth-order valence-corrected chi connectivity index (χ4v) is 2.61. The lowest BCUT2D eigenvalue weighted by molar-refractivity contribution is -0.116. The number of carbonyl (C=O) groups excluding carboxylic acids is 1. The van der Waals surface area contributed by atoms with Crippen molar-refractivity contribution in [2.24, 2.45) is 0 Å². The van der Waals surface area contributed by atoms with Crippen LogP contribution in [0.2, 0.25) is 0 Å². The van der Waals surface area contributed by atoms with Crippen molar-refractivity contribution < 1.29 is 23.8 Å². The van der Waals surface area contributed by atoms with E-state index >= 15 is 0 Å². The van der Waals surface area contributed by atoms with E-state index in [0.29, 0.717) is 23.1 Å². The van der Waals surface area contributed by atoms with Crippen LogP contribution >= 0.6 is 0 Å². The Morgan fingerprint density at radius 1 is 1.32 bits per heavy atom. The number of hydrogen-bond acceptors (Lipinski definition) is 4. The van der Waals surface area contributed by atoms with Crippen LogP contribution in [0.15, 0.2) is 28.7 Å². The van der Waals surface area contributed by atoms with Crippen molar-refractivity contribution in [1.29, 1.82) is 0 Å². The molecule has 6 nitrogen and oxygen atoms in total. The summed E-state index contributed by atoms with van der Waals surface area (Å²) >= 11 is 0. The highest BCUT2D eigenvalue weighted by Crippen LogP contribution is 2.23. The predicted octanol–water partition coefficient (Wildman–Crippen LogP) is 3.03. The lowest BCUT2D eigenvalue weighted by atomic mass is 10.1. The number of carbonyl (C=O) groups is 2. The van der Waals surface area contributed by atoms with Crippen LogP contribution in [0.1, 0.15) is 36.2 Å². The monoisotopic (exact) mass is 303 g/mol. The van der Waals surface area contributed by atoms with E-state index in [4.69, 9.17) is 14.3 Å². The fourth-order valence-electron chi connectivity index (χ4n) is 2.61. The third kappa shape index (κ3) is 3.28. The third-order valence-corrected chi connectivity index (χ3v) is 3.73. The van der Waals surface area contributed by atoms with E-state index in [-0.39, 0.29) is 17.8 Å². The number of nitrogens with one attached hydrogen (secondary N) is 1. The maximum Gasteiger partial charge on any atom is 0.371 e. The second-order valence-electron chi connectivity index (χ2n) is 5.39. The fraction of sp³-hybridized carbons (Fsp3) is 0.375. The highest BCUT2D eigenvalue weighted by Gasteiger charge is 2.17. The van der Waals surface area contributed by atoms with Gasteiger partial charge in [0.15, 0.2) is 0 Å². The zero-order valence-electron chi connectivity index (χ0n) is 12.0. The molecule has 1 fully saturated rings. The molecule has 1 aromatic carbocycles. The molecule has 1 aliphatic heterocycles. The van der Waals surface area contributed by atoms with Crippen LogP contribution in [0, 0.1) is 0 Å². The standard InChI is InChI=1S/C16H17NO5/c18-15(6-4-12-2-1-7-21-12)17-11-3-5-13-10(8-11)9-14(22-13)16(19)20/h3,5,8-9,12H,1-2,4,6-7H2,(H,17,18)(H,19,20). The van der Waals surface area contributed by atoms with Crippen molar-refractivity contribution in [1.82, 2.24) is 0 Å². The zero-order chi connectivity index (χ0) is 15.5. The molecule has 2 N–H and O–H groups in total. The molecular formula is C16H17NO5. The number of rotatable bonds is 5. The molecule has 1 aliphatic rings. The van der Waals surface area contributed by atoms with Gasteiger partial charge in [0.1, 0.15) is 5.58 Å². The summed E-state index contributed by atoms with van der Waals surface area (Å²) in [4.78, 5) is 22.8. The van der Waals surface area contributed by atoms with Crippen LogP contribution in [-0.4, -0.2) is 29.7 Å². The van der Waals surface area contributed by atoms with Gasteiger partial charge in [-0.15, -0.1) is 0 Å². The number of amides is 1. The maximum absolute atomic E-state index is 11.9. The summed E-state index contributed by atoms with van der Waals surface area (Å²) < 4.78 is 10.7. The minimum Gasteiger partial charge on any atom is -0.475 e. The van der Waals surface area contributed by atoms with Crippen LogP contribution in [0.4, 0.5) is 5.69 Å². The van der Waals surface area contributed by atoms with Crippen molar-refractivity contribution in [2.75, 3.05) is 11.9 Å². The van der Waals surface area contributed by atoms with Gasteiger partial charge in [-0.3, -0.25) is 4.79 Å². The summed E-state index contributed by atoms with van der Waals surface area (Å²) in [6.45, 7) is 0.787. The molecular weight excluding hydrogens is 286 g/mol. The molecule has 0 spiro atoms. The molecule has 1 amide bonds. The lowest BCUT2D eigenvalue weighted by Gasteiger charge is -2.09. The number of anilines is 1. The average molecular weight is 303 g/mol. The van der Waals surface area contributed by atoms with E-state index in [9.17, 15) is 9.59 Å². The largest absolute Gasteiger partial charge is 0.475 e. The Hall–Kier alpha value is -2.34. The molecule has 0 aliphatic carbocycles. The van der Waals surface area contributed by atoms with Gasteiger partial charge in [0.25, 0.3) is 0 Å². The summed E-state index contributed by atoms with van der Waals surface area (Å²) in [5, 5.41) is 12.4. The van der Waals surface area contributed by atoms with E-state index in [1.165, 1.54) is 6.07 Å². The Morgan fingerprint density at radius 2 is 2.18 bits per heavy atom. The van der Waals surface area contributed by atoms with Gasteiger partial charge in [0.2, 0.25) is 11.7 Å². The molecule has 3 rings (SSSR count). The Morgan fingerprint density at radius 3 is 2.91 bits per heavy atom. The van der Waals surface area contributed by atoms with Crippen molar-refractivity contribution in [3.63, 3.8) is 0 Å². The average Bonchev–Trinajstić information content (AvgIpc) is 3.14. The number of fused-ring (bicyclic) bond motifs is 1. The number of furan rings is 1. The van der Waals surface area contributed by atoms with E-state index in [1.54, 1.807) is 18.2 Å². The Bertz CT molecular complexity index is 700. The van der Waals surface area contributed by atoms with E-state index < -0.39 is 5.97 Å². The van der Waals surface area contributed by atoms with Crippen LogP contribution in [-0.2, 0) is 9.53 Å². The topological polar surface area (TPSA) is 88.8 Å². The summed E-state index contributed by atoms with van der Waals surface area (Å²) in [7, 11) is 0. The first-order chi connectivity index (χ1) is 10.6. The molecule has 1 aromatic heterocycles. The number of benzene rings is 1. The van der Waals surface area contributed by atoms with Crippen LogP contribution in [0.5, 0.6) is 0 Å². The lowest BCUT2D eigenvalue weighted by Crippen LogP contribution is -2.15. The first-order valence-electron chi connectivity index (χ1n) is 7.30. The molecule has 22 heavy (non-hydrogen) atoms. The van der Waals surface area contributed by atoms with Crippen molar-refractivity contribution in [3.8, 4) is 0 Å². The van der Waals surface area contributed by atoms with Crippen molar-refractivity contribution in [2.45, 2.75) is 31.8 Å². The minimum absolute atomic E-state index is 0.0724. The molecule has 2 aromatic rings. The quantitative estimate of drug-likeness (QED) is 0.886. The second-order valence-corrected chi connectivity index (χ2v) is 5.39. The first kappa shape index (κ1) is 14.6. The third-order valence-electron chi connectivity index (χ3n) is 3.73. The Balaban J connectivity index is 1.62. The summed E-state index contributed by atoms with van der Waals surface area (Å²) in [6.07, 6.45) is 3.42. The minimum atomic E-state index is -1.11. The maximum atomic E-state index is 11.9. The molecule has 116 valence electrons. The predicted molar refractivity (Wildman–Crippen MR) is 80.0 cm³/mol. The number of carboxylic acids is 1. The van der Waals surface area contributed by atoms with E-state index in [0.717, 1.165) is 25.9 Å². The smallest absolute Gasteiger partial charge is 0.371 e. The van der Waals surface area contributed by atoms with Gasteiger partial charge in [-0.25, -0.2) is 4.79 Å². The molecule has 1 unspecified atom stereocenters. The summed E-state index contributed by atoms with van der Waals surface area (Å²) in [5.74, 6) is -1.30. The van der Waals surface area contributed by atoms with E-state index in [1.807, 2.05) is 0 Å². The molecule has 1 saturated heterocycles. The zero-order valence-corrected chi connectivity index (χ0v) is 12.0. The number of ether oxygens (including phenoxy) is 1. The van der Waals surface area contributed by atoms with Crippen LogP contribution < -0.4 is 5.32 Å². The molecule has 1 atom stereocenters. The van der Waals surface area contributed by atoms with Crippen LogP contribution in [0.3, 0.4) is 0 Å². The highest BCUT2D eigenvalue weighted by atomic mass is 16.5. The number of hydrogen-bond donors (Lipinski definition) is 2. The van der Waals surface area contributed by atoms with Gasteiger partial charge in [-0.1, -0.05) is 0 Å². The van der Waals surface area contributed by atoms with Crippen LogP contribution in [0.25, 0.3) is 11.0 Å². The van der Waals surface area contributed by atoms with Gasteiger partial charge < -0.3 is 19.6 Å². The Kier molecular flexibility index (Phi) is 4.11. The SMILES string of the molecule is O=C(CCC1CCCO1)Nc1ccc2oc(C(=O)O)cc2c1. The molecule has 6 heteroatoms. The van der Waals surface area contributed by atoms with Gasteiger partial charge in [-0.05, 0) is 43.5 Å². The van der Waals surface area contributed by atoms with Crippen molar-refractivity contribution in [3.05, 3.63) is 30.0 Å². The summed E-state index contributed by atoms with van der Waals surface area (Å²) in [5.41, 5.74) is 1.11. The van der Waals surface area contributed by atoms with Gasteiger partial charge in [-0.2, -0.15) is 0 Å². The summed E-state index contributed by atoms with van der Waals surface area (Å²) in [6, 6.07) is 6.49. The number of carboxylic acid groups (broad SMARTS) is 1. The highest BCUT2D eigenvalue weighted by molar-refractivity contribution is 5.95. The molecule has 0 saturated carbocycles. The van der Waals surface area contributed by atoms with E-state index in [2.05, 4.69) is 5.32 Å². The first-order valence-corrected chi connectivity index (χ1v) is 7.30. The molecule has 0 bridgehead atoms. The van der Waals surface area contributed by atoms with Gasteiger partial charge >= 0.3 is 5.97 Å². The van der Waals surface area contributed by atoms with Gasteiger partial charge in [0.05, 0.1) is 6.10 Å². The number of aromatic carboxylic acids is 1. The van der Waals surface area contributed by atoms with Crippen molar-refractivity contribution >= 4 is 28.5 Å². The molecule has 0 radical (unpaired) electrons. The molecule has 2 heterocycles. The second kappa shape index (κ2) is 6.19. The van der Waals surface area contributed by atoms with Gasteiger partial charge in [0, 0.05) is 24.1 Å². The normalized spacial score (nSPS) is 17.7. The Labute approximate surface area is 127 Å².